The summed E-state index contributed by atoms with van der Waals surface area (Å²) in [5.41, 5.74) is 1.84. The predicted octanol–water partition coefficient (Wildman–Crippen LogP) is 1.95. The highest BCUT2D eigenvalue weighted by Crippen LogP contribution is 2.26. The van der Waals surface area contributed by atoms with E-state index in [4.69, 9.17) is 4.74 Å². The van der Waals surface area contributed by atoms with Gasteiger partial charge in [0, 0.05) is 37.7 Å². The summed E-state index contributed by atoms with van der Waals surface area (Å²) in [6, 6.07) is 5.71. The molecule has 0 aliphatic carbocycles. The van der Waals surface area contributed by atoms with Gasteiger partial charge in [-0.3, -0.25) is 9.59 Å². The number of benzene rings is 1. The molecule has 0 radical (unpaired) electrons. The second-order valence-corrected chi connectivity index (χ2v) is 6.55. The largest absolute Gasteiger partial charge is 0.493 e. The molecule has 0 unspecified atom stereocenters. The van der Waals surface area contributed by atoms with Crippen LogP contribution in [0.4, 0.5) is 0 Å². The zero-order valence-corrected chi connectivity index (χ0v) is 13.9. The van der Waals surface area contributed by atoms with Crippen molar-refractivity contribution in [2.24, 2.45) is 5.92 Å². The number of ether oxygens (including phenoxy) is 1. The second kappa shape index (κ2) is 6.60. The summed E-state index contributed by atoms with van der Waals surface area (Å²) in [6.45, 7) is 7.03. The SMILES string of the molecule is CC(C)C(=O)N1CCN(C(=O)c2ccc3c(c2)CCCO3)CC1. The fourth-order valence-corrected chi connectivity index (χ4v) is 3.17. The van der Waals surface area contributed by atoms with Crippen molar-refractivity contribution in [3.8, 4) is 5.75 Å². The number of nitrogens with zero attached hydrogens (tertiary/aromatic N) is 2. The van der Waals surface area contributed by atoms with E-state index in [0.29, 0.717) is 26.2 Å². The van der Waals surface area contributed by atoms with Gasteiger partial charge in [-0.2, -0.15) is 0 Å². The van der Waals surface area contributed by atoms with Gasteiger partial charge in [0.1, 0.15) is 5.75 Å². The van der Waals surface area contributed by atoms with Crippen LogP contribution in [0.25, 0.3) is 0 Å². The quantitative estimate of drug-likeness (QED) is 0.838. The third-order valence-corrected chi connectivity index (χ3v) is 4.53. The molecule has 23 heavy (non-hydrogen) atoms. The number of fused-ring (bicyclic) bond motifs is 1. The van der Waals surface area contributed by atoms with Gasteiger partial charge in [-0.15, -0.1) is 0 Å². The van der Waals surface area contributed by atoms with Gasteiger partial charge in [-0.05, 0) is 36.6 Å². The first-order valence-corrected chi connectivity index (χ1v) is 8.40. The molecule has 5 heteroatoms. The minimum atomic E-state index is 0.0119. The van der Waals surface area contributed by atoms with Crippen LogP contribution in [0.15, 0.2) is 18.2 Å². The molecular formula is C18H24N2O3. The highest BCUT2D eigenvalue weighted by molar-refractivity contribution is 5.95. The van der Waals surface area contributed by atoms with Crippen LogP contribution in [0.3, 0.4) is 0 Å². The van der Waals surface area contributed by atoms with E-state index >= 15 is 0 Å². The van der Waals surface area contributed by atoms with Gasteiger partial charge in [0.2, 0.25) is 5.91 Å². The summed E-state index contributed by atoms with van der Waals surface area (Å²) in [7, 11) is 0. The number of hydrogen-bond acceptors (Lipinski definition) is 3. The number of aryl methyl sites for hydroxylation is 1. The van der Waals surface area contributed by atoms with Gasteiger partial charge in [-0.1, -0.05) is 13.8 Å². The average Bonchev–Trinajstić information content (AvgIpc) is 2.60. The number of carbonyl (C=O) groups is 2. The van der Waals surface area contributed by atoms with Crippen molar-refractivity contribution in [2.75, 3.05) is 32.8 Å². The Labute approximate surface area is 137 Å². The van der Waals surface area contributed by atoms with Crippen molar-refractivity contribution in [3.05, 3.63) is 29.3 Å². The molecule has 0 aromatic heterocycles. The van der Waals surface area contributed by atoms with E-state index in [1.54, 1.807) is 0 Å². The van der Waals surface area contributed by atoms with E-state index in [1.165, 1.54) is 0 Å². The molecule has 1 fully saturated rings. The molecule has 0 spiro atoms. The lowest BCUT2D eigenvalue weighted by Gasteiger charge is -2.35. The first kappa shape index (κ1) is 15.8. The van der Waals surface area contributed by atoms with Gasteiger partial charge >= 0.3 is 0 Å². The molecule has 124 valence electrons. The fraction of sp³-hybridized carbons (Fsp3) is 0.556. The molecule has 3 rings (SSSR count). The van der Waals surface area contributed by atoms with Crippen molar-refractivity contribution >= 4 is 11.8 Å². The van der Waals surface area contributed by atoms with Crippen molar-refractivity contribution in [2.45, 2.75) is 26.7 Å². The molecule has 0 saturated carbocycles. The number of piperazine rings is 1. The van der Waals surface area contributed by atoms with Crippen LogP contribution >= 0.6 is 0 Å². The average molecular weight is 316 g/mol. The topological polar surface area (TPSA) is 49.9 Å². The molecule has 2 heterocycles. The normalized spacial score (nSPS) is 17.7. The Morgan fingerprint density at radius 3 is 2.48 bits per heavy atom. The van der Waals surface area contributed by atoms with Crippen LogP contribution < -0.4 is 4.74 Å². The van der Waals surface area contributed by atoms with Gasteiger partial charge in [-0.25, -0.2) is 0 Å². The van der Waals surface area contributed by atoms with Crippen LogP contribution in [0.2, 0.25) is 0 Å². The van der Waals surface area contributed by atoms with Gasteiger partial charge in [0.05, 0.1) is 6.61 Å². The molecule has 1 aromatic rings. The molecule has 2 amide bonds. The van der Waals surface area contributed by atoms with E-state index in [-0.39, 0.29) is 17.7 Å². The van der Waals surface area contributed by atoms with Crippen molar-refractivity contribution in [1.82, 2.24) is 9.80 Å². The molecule has 0 atom stereocenters. The van der Waals surface area contributed by atoms with Crippen LogP contribution in [0, 0.1) is 5.92 Å². The van der Waals surface area contributed by atoms with E-state index in [0.717, 1.165) is 36.3 Å². The lowest BCUT2D eigenvalue weighted by Crippen LogP contribution is -2.51. The maximum absolute atomic E-state index is 12.7. The van der Waals surface area contributed by atoms with E-state index in [2.05, 4.69) is 0 Å². The minimum Gasteiger partial charge on any atom is -0.493 e. The molecule has 1 saturated heterocycles. The first-order valence-electron chi connectivity index (χ1n) is 8.40. The van der Waals surface area contributed by atoms with Crippen molar-refractivity contribution < 1.29 is 14.3 Å². The highest BCUT2D eigenvalue weighted by atomic mass is 16.5. The zero-order valence-electron chi connectivity index (χ0n) is 13.9. The maximum Gasteiger partial charge on any atom is 0.253 e. The van der Waals surface area contributed by atoms with Gasteiger partial charge < -0.3 is 14.5 Å². The maximum atomic E-state index is 12.7. The lowest BCUT2D eigenvalue weighted by molar-refractivity contribution is -0.135. The summed E-state index contributed by atoms with van der Waals surface area (Å²) in [5, 5.41) is 0. The number of hydrogen-bond donors (Lipinski definition) is 0. The van der Waals surface area contributed by atoms with E-state index < -0.39 is 0 Å². The monoisotopic (exact) mass is 316 g/mol. The second-order valence-electron chi connectivity index (χ2n) is 6.55. The van der Waals surface area contributed by atoms with E-state index in [1.807, 2.05) is 41.8 Å². The summed E-state index contributed by atoms with van der Waals surface area (Å²) in [4.78, 5) is 28.4. The molecule has 2 aliphatic heterocycles. The van der Waals surface area contributed by atoms with Crippen LogP contribution in [-0.4, -0.2) is 54.4 Å². The molecular weight excluding hydrogens is 292 g/mol. The summed E-state index contributed by atoms with van der Waals surface area (Å²) < 4.78 is 5.60. The molecule has 0 N–H and O–H groups in total. The highest BCUT2D eigenvalue weighted by Gasteiger charge is 2.26. The van der Waals surface area contributed by atoms with Gasteiger partial charge in [0.25, 0.3) is 5.91 Å². The Bertz CT molecular complexity index is 604. The number of amides is 2. The Morgan fingerprint density at radius 2 is 1.78 bits per heavy atom. The smallest absolute Gasteiger partial charge is 0.253 e. The minimum absolute atomic E-state index is 0.0119. The van der Waals surface area contributed by atoms with Crippen LogP contribution in [0.1, 0.15) is 36.2 Å². The Kier molecular flexibility index (Phi) is 4.55. The van der Waals surface area contributed by atoms with Crippen molar-refractivity contribution in [1.29, 1.82) is 0 Å². The van der Waals surface area contributed by atoms with Crippen LogP contribution in [-0.2, 0) is 11.2 Å². The third kappa shape index (κ3) is 3.33. The number of carbonyl (C=O) groups excluding carboxylic acids is 2. The standard InChI is InChI=1S/C18H24N2O3/c1-13(2)17(21)19-7-9-20(10-8-19)18(22)15-5-6-16-14(12-15)4-3-11-23-16/h5-6,12-13H,3-4,7-11H2,1-2H3. The van der Waals surface area contributed by atoms with Crippen molar-refractivity contribution in [3.63, 3.8) is 0 Å². The Hall–Kier alpha value is -2.04. The Morgan fingerprint density at radius 1 is 1.09 bits per heavy atom. The summed E-state index contributed by atoms with van der Waals surface area (Å²) >= 11 is 0. The van der Waals surface area contributed by atoms with Crippen LogP contribution in [0.5, 0.6) is 5.75 Å². The molecule has 0 bridgehead atoms. The zero-order chi connectivity index (χ0) is 16.4. The summed E-state index contributed by atoms with van der Waals surface area (Å²) in [5.74, 6) is 1.14. The third-order valence-electron chi connectivity index (χ3n) is 4.53. The lowest BCUT2D eigenvalue weighted by atomic mass is 10.0. The predicted molar refractivity (Wildman–Crippen MR) is 87.6 cm³/mol. The molecule has 1 aromatic carbocycles. The summed E-state index contributed by atoms with van der Waals surface area (Å²) in [6.07, 6.45) is 1.97. The van der Waals surface area contributed by atoms with E-state index in [9.17, 15) is 9.59 Å². The first-order chi connectivity index (χ1) is 11.1. The number of rotatable bonds is 2. The Balaban J connectivity index is 1.64. The fourth-order valence-electron chi connectivity index (χ4n) is 3.17. The van der Waals surface area contributed by atoms with Gasteiger partial charge in [0.15, 0.2) is 0 Å². The molecule has 2 aliphatic rings. The molecule has 5 nitrogen and oxygen atoms in total.